The summed E-state index contributed by atoms with van der Waals surface area (Å²) in [6, 6.07) is 16.1. The van der Waals surface area contributed by atoms with E-state index in [-0.39, 0.29) is 0 Å². The average Bonchev–Trinajstić information content (AvgIpc) is 3.17. The van der Waals surface area contributed by atoms with Crippen molar-refractivity contribution >= 4 is 50.0 Å². The summed E-state index contributed by atoms with van der Waals surface area (Å²) in [5.41, 5.74) is 3.03. The van der Waals surface area contributed by atoms with Crippen LogP contribution in [0.3, 0.4) is 0 Å². The van der Waals surface area contributed by atoms with E-state index in [9.17, 15) is 0 Å². The molecule has 0 unspecified atom stereocenters. The molecule has 0 fully saturated rings. The second kappa shape index (κ2) is 8.32. The van der Waals surface area contributed by atoms with Gasteiger partial charge in [-0.15, -0.1) is 11.3 Å². The van der Waals surface area contributed by atoms with Crippen LogP contribution in [0.1, 0.15) is 5.56 Å². The Kier molecular flexibility index (Phi) is 5.63. The number of ether oxygens (including phenoxy) is 2. The molecular formula is C21H18IN3O2S. The molecule has 4 aromatic rings. The van der Waals surface area contributed by atoms with Crippen LogP contribution in [0.4, 0.5) is 5.82 Å². The molecule has 0 spiro atoms. The minimum absolute atomic E-state index is 0.579. The van der Waals surface area contributed by atoms with Gasteiger partial charge in [-0.1, -0.05) is 12.1 Å². The Morgan fingerprint density at radius 3 is 2.75 bits per heavy atom. The lowest BCUT2D eigenvalue weighted by molar-refractivity contribution is 0.391. The quantitative estimate of drug-likeness (QED) is 0.348. The van der Waals surface area contributed by atoms with E-state index < -0.39 is 0 Å². The Morgan fingerprint density at radius 1 is 1.07 bits per heavy atom. The molecule has 0 aliphatic rings. The zero-order valence-corrected chi connectivity index (χ0v) is 18.4. The average molecular weight is 503 g/mol. The fraction of sp³-hybridized carbons (Fsp3) is 0.143. The fourth-order valence-electron chi connectivity index (χ4n) is 2.91. The minimum atomic E-state index is 0.579. The standard InChI is InChI=1S/C21H18IN3O2S/c1-26-16-7-6-14(17(11-16)27-2)12-24-20-19-18(8-9-23-20)28-21(25-19)13-4-3-5-15(22)10-13/h3-11H,12H2,1-2H3,(H,23,24). The van der Waals surface area contributed by atoms with Crippen LogP contribution >= 0.6 is 33.9 Å². The number of fused-ring (bicyclic) bond motifs is 1. The molecule has 5 nitrogen and oxygen atoms in total. The molecule has 1 N–H and O–H groups in total. The van der Waals surface area contributed by atoms with Crippen LogP contribution in [0.2, 0.25) is 0 Å². The number of hydrogen-bond acceptors (Lipinski definition) is 6. The van der Waals surface area contributed by atoms with Gasteiger partial charge in [0.2, 0.25) is 0 Å². The van der Waals surface area contributed by atoms with Crippen LogP contribution in [0, 0.1) is 3.57 Å². The summed E-state index contributed by atoms with van der Waals surface area (Å²) < 4.78 is 13.0. The van der Waals surface area contributed by atoms with Gasteiger partial charge in [-0.3, -0.25) is 0 Å². The highest BCUT2D eigenvalue weighted by molar-refractivity contribution is 14.1. The number of nitrogens with one attached hydrogen (secondary N) is 1. The van der Waals surface area contributed by atoms with Crippen LogP contribution < -0.4 is 14.8 Å². The summed E-state index contributed by atoms with van der Waals surface area (Å²) >= 11 is 3.99. The number of rotatable bonds is 6. The first-order valence-electron chi connectivity index (χ1n) is 8.64. The van der Waals surface area contributed by atoms with Crippen molar-refractivity contribution in [3.63, 3.8) is 0 Å². The second-order valence-corrected chi connectivity index (χ2v) is 8.34. The van der Waals surface area contributed by atoms with Crippen molar-refractivity contribution in [1.29, 1.82) is 0 Å². The third-order valence-corrected chi connectivity index (χ3v) is 6.06. The van der Waals surface area contributed by atoms with Crippen molar-refractivity contribution in [2.45, 2.75) is 6.54 Å². The number of benzene rings is 2. The number of pyridine rings is 1. The molecule has 0 atom stereocenters. The number of hydrogen-bond donors (Lipinski definition) is 1. The van der Waals surface area contributed by atoms with Gasteiger partial charge < -0.3 is 14.8 Å². The summed E-state index contributed by atoms with van der Waals surface area (Å²) in [4.78, 5) is 9.35. The zero-order valence-electron chi connectivity index (χ0n) is 15.4. The van der Waals surface area contributed by atoms with Gasteiger partial charge in [-0.05, 0) is 52.9 Å². The lowest BCUT2D eigenvalue weighted by Gasteiger charge is -2.11. The predicted molar refractivity (Wildman–Crippen MR) is 122 cm³/mol. The molecule has 2 aromatic carbocycles. The molecular weight excluding hydrogens is 485 g/mol. The number of anilines is 1. The second-order valence-electron chi connectivity index (χ2n) is 6.07. The fourth-order valence-corrected chi connectivity index (χ4v) is 4.41. The summed E-state index contributed by atoms with van der Waals surface area (Å²) in [6.45, 7) is 0.579. The Morgan fingerprint density at radius 2 is 1.96 bits per heavy atom. The molecule has 142 valence electrons. The Balaban J connectivity index is 1.63. The van der Waals surface area contributed by atoms with E-state index in [0.717, 1.165) is 43.7 Å². The predicted octanol–water partition coefficient (Wildman–Crippen LogP) is 5.59. The highest BCUT2D eigenvalue weighted by Gasteiger charge is 2.12. The SMILES string of the molecule is COc1ccc(CNc2nccc3sc(-c4cccc(I)c4)nc23)c(OC)c1. The van der Waals surface area contributed by atoms with Crippen molar-refractivity contribution < 1.29 is 9.47 Å². The van der Waals surface area contributed by atoms with Gasteiger partial charge in [-0.2, -0.15) is 0 Å². The molecule has 2 heterocycles. The molecule has 4 rings (SSSR count). The monoisotopic (exact) mass is 503 g/mol. The summed E-state index contributed by atoms with van der Waals surface area (Å²) in [6.07, 6.45) is 1.81. The molecule has 2 aromatic heterocycles. The first kappa shape index (κ1) is 18.9. The molecule has 0 bridgehead atoms. The van der Waals surface area contributed by atoms with Gasteiger partial charge in [0.05, 0.1) is 18.9 Å². The smallest absolute Gasteiger partial charge is 0.153 e. The number of nitrogens with zero attached hydrogens (tertiary/aromatic N) is 2. The lowest BCUT2D eigenvalue weighted by Crippen LogP contribution is -2.04. The number of aromatic nitrogens is 2. The van der Waals surface area contributed by atoms with Gasteiger partial charge in [0.15, 0.2) is 5.82 Å². The van der Waals surface area contributed by atoms with Crippen LogP contribution in [0.15, 0.2) is 54.7 Å². The van der Waals surface area contributed by atoms with Crippen molar-refractivity contribution in [2.24, 2.45) is 0 Å². The zero-order chi connectivity index (χ0) is 19.5. The van der Waals surface area contributed by atoms with Gasteiger partial charge in [-0.25, -0.2) is 9.97 Å². The van der Waals surface area contributed by atoms with Crippen molar-refractivity contribution in [2.75, 3.05) is 19.5 Å². The first-order chi connectivity index (χ1) is 13.7. The minimum Gasteiger partial charge on any atom is -0.497 e. The van der Waals surface area contributed by atoms with E-state index in [1.54, 1.807) is 25.6 Å². The highest BCUT2D eigenvalue weighted by atomic mass is 127. The van der Waals surface area contributed by atoms with Gasteiger partial charge in [0, 0.05) is 33.5 Å². The number of methoxy groups -OCH3 is 2. The maximum atomic E-state index is 5.48. The Labute approximate surface area is 180 Å². The van der Waals surface area contributed by atoms with E-state index >= 15 is 0 Å². The normalized spacial score (nSPS) is 10.8. The highest BCUT2D eigenvalue weighted by Crippen LogP contribution is 2.33. The van der Waals surface area contributed by atoms with Gasteiger partial charge >= 0.3 is 0 Å². The molecule has 7 heteroatoms. The maximum absolute atomic E-state index is 5.48. The molecule has 0 aliphatic heterocycles. The molecule has 0 saturated carbocycles. The summed E-state index contributed by atoms with van der Waals surface area (Å²) in [7, 11) is 3.30. The van der Waals surface area contributed by atoms with E-state index in [1.807, 2.05) is 30.5 Å². The van der Waals surface area contributed by atoms with Crippen LogP contribution in [-0.4, -0.2) is 24.2 Å². The van der Waals surface area contributed by atoms with Gasteiger partial charge in [0.1, 0.15) is 22.0 Å². The molecule has 28 heavy (non-hydrogen) atoms. The van der Waals surface area contributed by atoms with E-state index in [2.05, 4.69) is 57.2 Å². The number of thiazole rings is 1. The van der Waals surface area contributed by atoms with Crippen molar-refractivity contribution in [3.05, 3.63) is 63.9 Å². The lowest BCUT2D eigenvalue weighted by atomic mass is 10.2. The maximum Gasteiger partial charge on any atom is 0.153 e. The molecule has 0 amide bonds. The third kappa shape index (κ3) is 3.90. The van der Waals surface area contributed by atoms with E-state index in [0.29, 0.717) is 6.54 Å². The van der Waals surface area contributed by atoms with E-state index in [4.69, 9.17) is 14.5 Å². The Hall–Kier alpha value is -2.39. The van der Waals surface area contributed by atoms with Crippen LogP contribution in [-0.2, 0) is 6.54 Å². The van der Waals surface area contributed by atoms with Crippen molar-refractivity contribution in [1.82, 2.24) is 9.97 Å². The van der Waals surface area contributed by atoms with Crippen LogP contribution in [0.25, 0.3) is 20.8 Å². The van der Waals surface area contributed by atoms with E-state index in [1.165, 1.54) is 3.57 Å². The summed E-state index contributed by atoms with van der Waals surface area (Å²) in [5.74, 6) is 2.31. The third-order valence-electron chi connectivity index (χ3n) is 4.32. The van der Waals surface area contributed by atoms with Gasteiger partial charge in [0.25, 0.3) is 0 Å². The number of halogens is 1. The molecule has 0 radical (unpaired) electrons. The topological polar surface area (TPSA) is 56.3 Å². The summed E-state index contributed by atoms with van der Waals surface area (Å²) in [5, 5.41) is 4.40. The van der Waals surface area contributed by atoms with Crippen molar-refractivity contribution in [3.8, 4) is 22.1 Å². The first-order valence-corrected chi connectivity index (χ1v) is 10.5. The largest absolute Gasteiger partial charge is 0.497 e. The Bertz CT molecular complexity index is 1130. The molecule has 0 saturated heterocycles. The molecule has 0 aliphatic carbocycles. The van der Waals surface area contributed by atoms with Crippen LogP contribution in [0.5, 0.6) is 11.5 Å².